The Morgan fingerprint density at radius 1 is 1.33 bits per heavy atom. The second-order valence-electron chi connectivity index (χ2n) is 3.68. The number of fused-ring (bicyclic) bond motifs is 1. The summed E-state index contributed by atoms with van der Waals surface area (Å²) in [7, 11) is 3.18. The third-order valence-electron chi connectivity index (χ3n) is 2.85. The molecule has 0 bridgehead atoms. The van der Waals surface area contributed by atoms with Crippen LogP contribution in [0.4, 0.5) is 0 Å². The van der Waals surface area contributed by atoms with Gasteiger partial charge >= 0.3 is 0 Å². The molecule has 1 aliphatic rings. The van der Waals surface area contributed by atoms with Crippen LogP contribution >= 0.6 is 0 Å². The summed E-state index contributed by atoms with van der Waals surface area (Å²) in [6, 6.07) is 3.38. The number of hydrogen-bond donors (Lipinski definition) is 2. The Bertz CT molecular complexity index is 378. The van der Waals surface area contributed by atoms with E-state index in [2.05, 4.69) is 0 Å². The molecule has 0 aliphatic heterocycles. The zero-order valence-electron chi connectivity index (χ0n) is 8.86. The molecule has 0 spiro atoms. The highest BCUT2D eigenvalue weighted by Crippen LogP contribution is 2.41. The number of methoxy groups -OCH3 is 2. The van der Waals surface area contributed by atoms with Crippen LogP contribution in [0.2, 0.25) is 0 Å². The van der Waals surface area contributed by atoms with Gasteiger partial charge in [-0.05, 0) is 18.1 Å². The molecule has 0 heterocycles. The molecule has 0 fully saturated rings. The van der Waals surface area contributed by atoms with Crippen LogP contribution in [0.15, 0.2) is 12.1 Å². The van der Waals surface area contributed by atoms with Crippen LogP contribution in [0.5, 0.6) is 11.5 Å². The molecule has 0 saturated heterocycles. The van der Waals surface area contributed by atoms with Gasteiger partial charge in [-0.2, -0.15) is 0 Å². The summed E-state index contributed by atoms with van der Waals surface area (Å²) < 4.78 is 10.5. The molecule has 0 amide bonds. The summed E-state index contributed by atoms with van der Waals surface area (Å²) in [5.74, 6) is 1.36. The molecule has 0 saturated carbocycles. The Hall–Kier alpha value is -1.26. The maximum atomic E-state index is 9.81. The van der Waals surface area contributed by atoms with E-state index in [-0.39, 0.29) is 6.04 Å². The second kappa shape index (κ2) is 3.72. The van der Waals surface area contributed by atoms with Gasteiger partial charge in [0.2, 0.25) is 0 Å². The van der Waals surface area contributed by atoms with Crippen LogP contribution in [0, 0.1) is 0 Å². The van der Waals surface area contributed by atoms with Crippen molar-refractivity contribution in [1.82, 2.24) is 0 Å². The van der Waals surface area contributed by atoms with E-state index in [0.717, 1.165) is 11.1 Å². The lowest BCUT2D eigenvalue weighted by Crippen LogP contribution is -2.24. The Morgan fingerprint density at radius 3 is 2.67 bits per heavy atom. The summed E-state index contributed by atoms with van der Waals surface area (Å²) in [6.07, 6.45) is 0.0245. The third-order valence-corrected chi connectivity index (χ3v) is 2.85. The monoisotopic (exact) mass is 209 g/mol. The van der Waals surface area contributed by atoms with Crippen LogP contribution < -0.4 is 15.2 Å². The number of hydrogen-bond acceptors (Lipinski definition) is 4. The summed E-state index contributed by atoms with van der Waals surface area (Å²) in [5.41, 5.74) is 7.60. The highest BCUT2D eigenvalue weighted by atomic mass is 16.5. The van der Waals surface area contributed by atoms with Crippen molar-refractivity contribution in [2.75, 3.05) is 14.2 Å². The first-order valence-electron chi connectivity index (χ1n) is 4.86. The summed E-state index contributed by atoms with van der Waals surface area (Å²) in [6.45, 7) is 0. The molecular formula is C11H15NO3. The Kier molecular flexibility index (Phi) is 2.54. The minimum Gasteiger partial charge on any atom is -0.493 e. The molecule has 2 atom stereocenters. The number of ether oxygens (including phenoxy) is 2. The first kappa shape index (κ1) is 10.3. The molecule has 2 rings (SSSR count). The van der Waals surface area contributed by atoms with Gasteiger partial charge in [-0.3, -0.25) is 0 Å². The Balaban J connectivity index is 2.54. The van der Waals surface area contributed by atoms with Crippen molar-refractivity contribution in [1.29, 1.82) is 0 Å². The number of aliphatic hydroxyl groups excluding tert-OH is 1. The quantitative estimate of drug-likeness (QED) is 0.749. The lowest BCUT2D eigenvalue weighted by Gasteiger charge is -2.12. The predicted molar refractivity (Wildman–Crippen MR) is 56.2 cm³/mol. The van der Waals surface area contributed by atoms with Gasteiger partial charge in [0.25, 0.3) is 0 Å². The van der Waals surface area contributed by atoms with Gasteiger partial charge in [0.05, 0.1) is 20.3 Å². The van der Waals surface area contributed by atoms with Gasteiger partial charge in [-0.1, -0.05) is 6.07 Å². The van der Waals surface area contributed by atoms with Crippen molar-refractivity contribution < 1.29 is 14.6 Å². The van der Waals surface area contributed by atoms with Gasteiger partial charge in [0.15, 0.2) is 11.5 Å². The second-order valence-corrected chi connectivity index (χ2v) is 3.68. The van der Waals surface area contributed by atoms with E-state index < -0.39 is 6.10 Å². The maximum absolute atomic E-state index is 9.81. The van der Waals surface area contributed by atoms with Crippen molar-refractivity contribution in [2.45, 2.75) is 18.6 Å². The summed E-state index contributed by atoms with van der Waals surface area (Å²) in [5, 5.41) is 9.81. The zero-order chi connectivity index (χ0) is 11.0. The minimum atomic E-state index is -0.597. The molecule has 15 heavy (non-hydrogen) atoms. The molecular weight excluding hydrogens is 194 g/mol. The fourth-order valence-electron chi connectivity index (χ4n) is 2.07. The van der Waals surface area contributed by atoms with E-state index in [1.807, 2.05) is 6.07 Å². The maximum Gasteiger partial charge on any atom is 0.164 e. The smallest absolute Gasteiger partial charge is 0.164 e. The van der Waals surface area contributed by atoms with Crippen molar-refractivity contribution in [3.63, 3.8) is 0 Å². The number of nitrogens with two attached hydrogens (primary N) is 1. The van der Waals surface area contributed by atoms with E-state index in [1.165, 1.54) is 0 Å². The van der Waals surface area contributed by atoms with E-state index in [4.69, 9.17) is 15.2 Å². The van der Waals surface area contributed by atoms with E-state index >= 15 is 0 Å². The van der Waals surface area contributed by atoms with Gasteiger partial charge in [-0.25, -0.2) is 0 Å². The molecule has 82 valence electrons. The summed E-state index contributed by atoms with van der Waals surface area (Å²) in [4.78, 5) is 0. The van der Waals surface area contributed by atoms with Crippen LogP contribution in [0.25, 0.3) is 0 Å². The molecule has 0 aromatic heterocycles. The van der Waals surface area contributed by atoms with Gasteiger partial charge < -0.3 is 20.3 Å². The van der Waals surface area contributed by atoms with Crippen LogP contribution in [0.3, 0.4) is 0 Å². The standard InChI is InChI=1S/C11H15NO3/c1-14-9-4-3-6-7(11(9)15-2)5-8(12)10(6)13/h3-4,8,10,13H,5,12H2,1-2H3/t8-,10-/m0/s1. The average molecular weight is 209 g/mol. The number of aliphatic hydroxyl groups is 1. The molecule has 1 aliphatic carbocycles. The molecule has 4 heteroatoms. The largest absolute Gasteiger partial charge is 0.493 e. The van der Waals surface area contributed by atoms with Crippen LogP contribution in [-0.4, -0.2) is 25.4 Å². The molecule has 3 N–H and O–H groups in total. The number of rotatable bonds is 2. The van der Waals surface area contributed by atoms with Gasteiger partial charge in [-0.15, -0.1) is 0 Å². The van der Waals surface area contributed by atoms with Crippen molar-refractivity contribution in [3.8, 4) is 11.5 Å². The highest BCUT2D eigenvalue weighted by Gasteiger charge is 2.31. The fraction of sp³-hybridized carbons (Fsp3) is 0.455. The minimum absolute atomic E-state index is 0.249. The average Bonchev–Trinajstić information content (AvgIpc) is 2.54. The highest BCUT2D eigenvalue weighted by molar-refractivity contribution is 5.54. The van der Waals surface area contributed by atoms with Crippen molar-refractivity contribution in [3.05, 3.63) is 23.3 Å². The first-order valence-corrected chi connectivity index (χ1v) is 4.86. The number of benzene rings is 1. The molecule has 1 aromatic rings. The van der Waals surface area contributed by atoms with Gasteiger partial charge in [0, 0.05) is 11.6 Å². The third kappa shape index (κ3) is 1.46. The Morgan fingerprint density at radius 2 is 2.07 bits per heavy atom. The molecule has 0 radical (unpaired) electrons. The lowest BCUT2D eigenvalue weighted by atomic mass is 10.1. The first-order chi connectivity index (χ1) is 7.19. The molecule has 0 unspecified atom stereocenters. The lowest BCUT2D eigenvalue weighted by molar-refractivity contribution is 0.159. The van der Waals surface area contributed by atoms with Crippen molar-refractivity contribution >= 4 is 0 Å². The topological polar surface area (TPSA) is 64.7 Å². The van der Waals surface area contributed by atoms with Gasteiger partial charge in [0.1, 0.15) is 0 Å². The molecule has 1 aromatic carbocycles. The van der Waals surface area contributed by atoms with E-state index in [0.29, 0.717) is 17.9 Å². The normalized spacial score (nSPS) is 23.7. The van der Waals surface area contributed by atoms with Crippen molar-refractivity contribution in [2.24, 2.45) is 5.73 Å². The van der Waals surface area contributed by atoms with E-state index in [9.17, 15) is 5.11 Å². The fourth-order valence-corrected chi connectivity index (χ4v) is 2.07. The SMILES string of the molecule is COc1ccc2c(c1OC)C[C@H](N)[C@H]2O. The Labute approximate surface area is 88.6 Å². The van der Waals surface area contributed by atoms with Crippen LogP contribution in [-0.2, 0) is 6.42 Å². The predicted octanol–water partition coefficient (Wildman–Crippen LogP) is 0.621. The zero-order valence-corrected chi connectivity index (χ0v) is 8.86. The molecule has 4 nitrogen and oxygen atoms in total. The van der Waals surface area contributed by atoms with Crippen LogP contribution in [0.1, 0.15) is 17.2 Å². The summed E-state index contributed by atoms with van der Waals surface area (Å²) >= 11 is 0. The van der Waals surface area contributed by atoms with E-state index in [1.54, 1.807) is 20.3 Å².